The Kier molecular flexibility index (Phi) is 4.45. The Hall–Kier alpha value is -3.49. The van der Waals surface area contributed by atoms with Crippen LogP contribution in [0.5, 0.6) is 0 Å². The standard InChI is InChI=1S/C20H17F3N6/c1-11-10-29-18(12(2)26-19(29)13(3)25-11)16-8-24-9-17(28-16)27-15-6-4-14(5-7-15)20(21,22)23/h4-10H,1-3H3,(H,27,28). The Morgan fingerprint density at radius 2 is 1.62 bits per heavy atom. The topological polar surface area (TPSA) is 68.0 Å². The van der Waals surface area contributed by atoms with Crippen LogP contribution in [0.25, 0.3) is 17.0 Å². The second-order valence-corrected chi connectivity index (χ2v) is 6.70. The average Bonchev–Trinajstić information content (AvgIpc) is 2.98. The first-order valence-corrected chi connectivity index (χ1v) is 8.82. The van der Waals surface area contributed by atoms with Gasteiger partial charge in [-0.25, -0.2) is 9.97 Å². The summed E-state index contributed by atoms with van der Waals surface area (Å²) in [5.41, 5.74) is 4.34. The van der Waals surface area contributed by atoms with Gasteiger partial charge in [0.15, 0.2) is 5.65 Å². The van der Waals surface area contributed by atoms with Crippen LogP contribution < -0.4 is 5.32 Å². The second kappa shape index (κ2) is 6.84. The Labute approximate surface area is 164 Å². The summed E-state index contributed by atoms with van der Waals surface area (Å²) in [4.78, 5) is 17.8. The van der Waals surface area contributed by atoms with Crippen molar-refractivity contribution in [3.63, 3.8) is 0 Å². The number of anilines is 2. The molecule has 0 saturated heterocycles. The van der Waals surface area contributed by atoms with Crippen molar-refractivity contribution in [2.24, 2.45) is 0 Å². The molecule has 0 aliphatic heterocycles. The van der Waals surface area contributed by atoms with Crippen LogP contribution in [0.2, 0.25) is 0 Å². The van der Waals surface area contributed by atoms with Gasteiger partial charge >= 0.3 is 6.18 Å². The number of rotatable bonds is 3. The van der Waals surface area contributed by atoms with E-state index in [2.05, 4.69) is 25.3 Å². The molecule has 148 valence electrons. The van der Waals surface area contributed by atoms with Crippen molar-refractivity contribution < 1.29 is 13.2 Å². The molecule has 1 aromatic carbocycles. The molecule has 0 fully saturated rings. The van der Waals surface area contributed by atoms with Gasteiger partial charge in [0, 0.05) is 11.9 Å². The molecular formula is C20H17F3N6. The van der Waals surface area contributed by atoms with E-state index in [4.69, 9.17) is 0 Å². The maximum Gasteiger partial charge on any atom is 0.416 e. The minimum Gasteiger partial charge on any atom is -0.339 e. The predicted molar refractivity (Wildman–Crippen MR) is 103 cm³/mol. The summed E-state index contributed by atoms with van der Waals surface area (Å²) in [6.45, 7) is 5.68. The van der Waals surface area contributed by atoms with Crippen molar-refractivity contribution in [1.82, 2.24) is 24.3 Å². The van der Waals surface area contributed by atoms with Gasteiger partial charge in [-0.1, -0.05) is 0 Å². The zero-order valence-corrected chi connectivity index (χ0v) is 15.9. The van der Waals surface area contributed by atoms with Gasteiger partial charge in [0.05, 0.1) is 40.7 Å². The van der Waals surface area contributed by atoms with Crippen molar-refractivity contribution in [1.29, 1.82) is 0 Å². The van der Waals surface area contributed by atoms with Crippen molar-refractivity contribution in [3.8, 4) is 11.4 Å². The molecule has 0 atom stereocenters. The molecular weight excluding hydrogens is 381 g/mol. The monoisotopic (exact) mass is 398 g/mol. The number of halogens is 3. The third-order valence-electron chi connectivity index (χ3n) is 4.43. The fourth-order valence-electron chi connectivity index (χ4n) is 3.20. The van der Waals surface area contributed by atoms with Crippen LogP contribution in [0, 0.1) is 20.8 Å². The number of aromatic nitrogens is 5. The van der Waals surface area contributed by atoms with Gasteiger partial charge in [0.2, 0.25) is 0 Å². The lowest BCUT2D eigenvalue weighted by Gasteiger charge is -2.10. The normalized spacial score (nSPS) is 11.8. The summed E-state index contributed by atoms with van der Waals surface area (Å²) in [6.07, 6.45) is 0.649. The van der Waals surface area contributed by atoms with E-state index in [1.807, 2.05) is 31.4 Å². The Balaban J connectivity index is 1.70. The maximum atomic E-state index is 12.7. The number of hydrogen-bond donors (Lipinski definition) is 1. The molecule has 1 N–H and O–H groups in total. The molecule has 29 heavy (non-hydrogen) atoms. The molecule has 0 saturated carbocycles. The van der Waals surface area contributed by atoms with Gasteiger partial charge in [-0.2, -0.15) is 13.2 Å². The molecule has 3 aromatic heterocycles. The molecule has 0 bridgehead atoms. The van der Waals surface area contributed by atoms with E-state index >= 15 is 0 Å². The number of fused-ring (bicyclic) bond motifs is 1. The molecule has 0 amide bonds. The average molecular weight is 398 g/mol. The molecule has 9 heteroatoms. The van der Waals surface area contributed by atoms with E-state index in [1.165, 1.54) is 18.3 Å². The first-order chi connectivity index (χ1) is 13.7. The highest BCUT2D eigenvalue weighted by Crippen LogP contribution is 2.30. The molecule has 0 aliphatic carbocycles. The minimum absolute atomic E-state index is 0.416. The fourth-order valence-corrected chi connectivity index (χ4v) is 3.20. The van der Waals surface area contributed by atoms with Crippen LogP contribution in [-0.4, -0.2) is 24.3 Å². The van der Waals surface area contributed by atoms with Crippen LogP contribution in [0.15, 0.2) is 42.9 Å². The summed E-state index contributed by atoms with van der Waals surface area (Å²) >= 11 is 0. The lowest BCUT2D eigenvalue weighted by molar-refractivity contribution is -0.137. The number of benzene rings is 1. The third-order valence-corrected chi connectivity index (χ3v) is 4.43. The number of nitrogens with zero attached hydrogens (tertiary/aromatic N) is 5. The van der Waals surface area contributed by atoms with E-state index in [0.717, 1.165) is 40.6 Å². The van der Waals surface area contributed by atoms with E-state index in [1.54, 1.807) is 6.20 Å². The number of imidazole rings is 1. The van der Waals surface area contributed by atoms with Crippen LogP contribution in [0.4, 0.5) is 24.7 Å². The van der Waals surface area contributed by atoms with Crippen LogP contribution >= 0.6 is 0 Å². The summed E-state index contributed by atoms with van der Waals surface area (Å²) in [5, 5.41) is 2.99. The van der Waals surface area contributed by atoms with Gasteiger partial charge in [0.1, 0.15) is 11.5 Å². The van der Waals surface area contributed by atoms with E-state index in [0.29, 0.717) is 17.2 Å². The second-order valence-electron chi connectivity index (χ2n) is 6.70. The summed E-state index contributed by atoms with van der Waals surface area (Å²) in [7, 11) is 0. The molecule has 0 unspecified atom stereocenters. The zero-order chi connectivity index (χ0) is 20.8. The highest BCUT2D eigenvalue weighted by atomic mass is 19.4. The van der Waals surface area contributed by atoms with Crippen molar-refractivity contribution in [3.05, 3.63) is 65.5 Å². The Bertz CT molecular complexity index is 1200. The van der Waals surface area contributed by atoms with Gasteiger partial charge in [-0.05, 0) is 45.0 Å². The van der Waals surface area contributed by atoms with Crippen LogP contribution in [0.1, 0.15) is 22.6 Å². The van der Waals surface area contributed by atoms with Crippen molar-refractivity contribution in [2.45, 2.75) is 26.9 Å². The molecule has 0 radical (unpaired) electrons. The predicted octanol–water partition coefficient (Wildman–Crippen LogP) is 4.87. The molecule has 0 spiro atoms. The number of hydrogen-bond acceptors (Lipinski definition) is 5. The number of aryl methyl sites for hydroxylation is 3. The van der Waals surface area contributed by atoms with Gasteiger partial charge in [0.25, 0.3) is 0 Å². The molecule has 3 heterocycles. The highest BCUT2D eigenvalue weighted by molar-refractivity contribution is 5.66. The Morgan fingerprint density at radius 1 is 0.897 bits per heavy atom. The first kappa shape index (κ1) is 18.9. The summed E-state index contributed by atoms with van der Waals surface area (Å²) < 4.78 is 40.1. The smallest absolute Gasteiger partial charge is 0.339 e. The van der Waals surface area contributed by atoms with Crippen LogP contribution in [-0.2, 0) is 6.18 Å². The largest absolute Gasteiger partial charge is 0.416 e. The summed E-state index contributed by atoms with van der Waals surface area (Å²) in [6, 6.07) is 4.75. The lowest BCUT2D eigenvalue weighted by Crippen LogP contribution is -2.04. The molecule has 0 aliphatic rings. The SMILES string of the molecule is Cc1cn2c(-c3cncc(Nc4ccc(C(F)(F)F)cc4)n3)c(C)nc2c(C)n1. The fraction of sp³-hybridized carbons (Fsp3) is 0.200. The quantitative estimate of drug-likeness (QED) is 0.533. The van der Waals surface area contributed by atoms with Gasteiger partial charge in [-0.3, -0.25) is 14.4 Å². The van der Waals surface area contributed by atoms with E-state index in [9.17, 15) is 13.2 Å². The number of alkyl halides is 3. The summed E-state index contributed by atoms with van der Waals surface area (Å²) in [5.74, 6) is 0.416. The minimum atomic E-state index is -4.37. The molecule has 4 aromatic rings. The van der Waals surface area contributed by atoms with Gasteiger partial charge < -0.3 is 5.32 Å². The Morgan fingerprint density at radius 3 is 2.31 bits per heavy atom. The first-order valence-electron chi connectivity index (χ1n) is 8.82. The number of nitrogens with one attached hydrogen (secondary N) is 1. The van der Waals surface area contributed by atoms with Crippen LogP contribution in [0.3, 0.4) is 0 Å². The van der Waals surface area contributed by atoms with Crippen molar-refractivity contribution >= 4 is 17.2 Å². The lowest BCUT2D eigenvalue weighted by atomic mass is 10.2. The van der Waals surface area contributed by atoms with E-state index in [-0.39, 0.29) is 0 Å². The third kappa shape index (κ3) is 3.63. The zero-order valence-electron chi connectivity index (χ0n) is 15.9. The highest BCUT2D eigenvalue weighted by Gasteiger charge is 2.29. The molecule has 4 rings (SSSR count). The maximum absolute atomic E-state index is 12.7. The van der Waals surface area contributed by atoms with E-state index < -0.39 is 11.7 Å². The molecule has 6 nitrogen and oxygen atoms in total. The van der Waals surface area contributed by atoms with Gasteiger partial charge in [-0.15, -0.1) is 0 Å². The van der Waals surface area contributed by atoms with Crippen molar-refractivity contribution in [2.75, 3.05) is 5.32 Å².